The molecule has 0 spiro atoms. The van der Waals surface area contributed by atoms with Gasteiger partial charge in [0.05, 0.1) is 34.9 Å². The van der Waals surface area contributed by atoms with E-state index in [0.717, 1.165) is 17.7 Å². The van der Waals surface area contributed by atoms with E-state index in [1.807, 2.05) is 29.2 Å². The highest BCUT2D eigenvalue weighted by atomic mass is 16.5. The second-order valence-corrected chi connectivity index (χ2v) is 6.76. The highest BCUT2D eigenvalue weighted by molar-refractivity contribution is 5.81. The van der Waals surface area contributed by atoms with E-state index in [9.17, 15) is 4.79 Å². The molecule has 2 aromatic carbocycles. The molecule has 0 atom stereocenters. The van der Waals surface area contributed by atoms with Crippen LogP contribution in [0.2, 0.25) is 0 Å². The maximum absolute atomic E-state index is 12.8. The normalized spacial score (nSPS) is 13.5. The van der Waals surface area contributed by atoms with E-state index in [1.165, 1.54) is 11.1 Å². The number of benzene rings is 2. The van der Waals surface area contributed by atoms with Gasteiger partial charge in [-0.05, 0) is 47.4 Å². The first kappa shape index (κ1) is 20.6. The van der Waals surface area contributed by atoms with Gasteiger partial charge >= 0.3 is 0 Å². The number of ether oxygens (including phenoxy) is 4. The molecule has 6 nitrogen and oxygen atoms in total. The van der Waals surface area contributed by atoms with Crippen LogP contribution in [0.4, 0.5) is 0 Å². The molecular formula is C23H27NO5. The lowest BCUT2D eigenvalue weighted by Crippen LogP contribution is -2.35. The van der Waals surface area contributed by atoms with Crippen LogP contribution in [0.15, 0.2) is 42.5 Å². The Morgan fingerprint density at radius 3 is 2.07 bits per heavy atom. The molecule has 1 heterocycles. The first-order chi connectivity index (χ1) is 14.1. The van der Waals surface area contributed by atoms with Crippen molar-refractivity contribution in [2.75, 3.05) is 41.5 Å². The van der Waals surface area contributed by atoms with Crippen LogP contribution in [-0.4, -0.2) is 52.3 Å². The van der Waals surface area contributed by atoms with Crippen molar-refractivity contribution in [3.05, 3.63) is 53.6 Å². The van der Waals surface area contributed by atoms with Crippen LogP contribution in [0.5, 0.6) is 23.0 Å². The third kappa shape index (κ3) is 4.65. The van der Waals surface area contributed by atoms with Crippen LogP contribution < -0.4 is 18.9 Å². The average molecular weight is 397 g/mol. The second-order valence-electron chi connectivity index (χ2n) is 6.76. The molecule has 3 rings (SSSR count). The van der Waals surface area contributed by atoms with Crippen molar-refractivity contribution in [1.29, 1.82) is 0 Å². The summed E-state index contributed by atoms with van der Waals surface area (Å²) in [4.78, 5) is 14.7. The van der Waals surface area contributed by atoms with Gasteiger partial charge in [0.15, 0.2) is 11.5 Å². The Bertz CT molecular complexity index is 864. The van der Waals surface area contributed by atoms with Gasteiger partial charge < -0.3 is 23.8 Å². The third-order valence-electron chi connectivity index (χ3n) is 5.10. The number of rotatable bonds is 7. The van der Waals surface area contributed by atoms with Crippen LogP contribution in [0.3, 0.4) is 0 Å². The predicted octanol–water partition coefficient (Wildman–Crippen LogP) is 3.58. The zero-order valence-corrected chi connectivity index (χ0v) is 17.4. The molecule has 1 amide bonds. The van der Waals surface area contributed by atoms with Crippen molar-refractivity contribution in [3.63, 3.8) is 0 Å². The van der Waals surface area contributed by atoms with E-state index >= 15 is 0 Å². The summed E-state index contributed by atoms with van der Waals surface area (Å²) in [5.74, 6) is 2.54. The zero-order valence-electron chi connectivity index (χ0n) is 17.4. The summed E-state index contributed by atoms with van der Waals surface area (Å²) in [7, 11) is 6.36. The van der Waals surface area contributed by atoms with Crippen molar-refractivity contribution in [2.45, 2.75) is 12.8 Å². The summed E-state index contributed by atoms with van der Waals surface area (Å²) < 4.78 is 21.3. The Labute approximate surface area is 171 Å². The van der Waals surface area contributed by atoms with Crippen LogP contribution in [-0.2, 0) is 11.2 Å². The van der Waals surface area contributed by atoms with Gasteiger partial charge in [0.1, 0.15) is 5.75 Å². The Morgan fingerprint density at radius 2 is 1.59 bits per heavy atom. The van der Waals surface area contributed by atoms with Gasteiger partial charge in [0, 0.05) is 13.1 Å². The molecule has 0 radical (unpaired) electrons. The molecule has 0 saturated carbocycles. The number of amides is 1. The lowest BCUT2D eigenvalue weighted by Gasteiger charge is -2.27. The number of carbonyl (C=O) groups excluding carboxylic acids is 1. The van der Waals surface area contributed by atoms with Crippen LogP contribution in [0.1, 0.15) is 17.5 Å². The van der Waals surface area contributed by atoms with E-state index in [2.05, 4.69) is 18.2 Å². The summed E-state index contributed by atoms with van der Waals surface area (Å²) in [6.07, 6.45) is 3.23. The summed E-state index contributed by atoms with van der Waals surface area (Å²) in [5.41, 5.74) is 3.25. The summed E-state index contributed by atoms with van der Waals surface area (Å²) in [6.45, 7) is 1.30. The average Bonchev–Trinajstić information content (AvgIpc) is 2.78. The fraction of sp³-hybridized carbons (Fsp3) is 0.348. The number of nitrogens with zero attached hydrogens (tertiary/aromatic N) is 1. The number of hydrogen-bond donors (Lipinski definition) is 0. The maximum atomic E-state index is 12.8. The zero-order chi connectivity index (χ0) is 20.8. The van der Waals surface area contributed by atoms with E-state index < -0.39 is 0 Å². The highest BCUT2D eigenvalue weighted by Gasteiger charge is 2.20. The quantitative estimate of drug-likeness (QED) is 0.715. The second kappa shape index (κ2) is 9.37. The number of methoxy groups -OCH3 is 4. The fourth-order valence-corrected chi connectivity index (χ4v) is 3.49. The first-order valence-corrected chi connectivity index (χ1v) is 9.49. The molecular weight excluding hydrogens is 370 g/mol. The summed E-state index contributed by atoms with van der Waals surface area (Å²) >= 11 is 0. The Hall–Kier alpha value is -3.15. The molecule has 0 unspecified atom stereocenters. The Morgan fingerprint density at radius 1 is 0.931 bits per heavy atom. The van der Waals surface area contributed by atoms with Crippen molar-refractivity contribution in [1.82, 2.24) is 4.90 Å². The highest BCUT2D eigenvalue weighted by Crippen LogP contribution is 2.38. The van der Waals surface area contributed by atoms with Crippen LogP contribution in [0, 0.1) is 0 Å². The SMILES string of the molecule is COc1ccc(C2=CCN(C(=O)Cc3cc(OC)c(OC)c(OC)c3)CC2)cc1. The molecule has 1 aliphatic rings. The minimum Gasteiger partial charge on any atom is -0.497 e. The molecule has 0 bridgehead atoms. The largest absolute Gasteiger partial charge is 0.497 e. The van der Waals surface area contributed by atoms with Crippen molar-refractivity contribution >= 4 is 11.5 Å². The Kier molecular flexibility index (Phi) is 6.65. The van der Waals surface area contributed by atoms with Gasteiger partial charge in [0.25, 0.3) is 0 Å². The molecule has 1 aliphatic heterocycles. The van der Waals surface area contributed by atoms with Crippen molar-refractivity contribution < 1.29 is 23.7 Å². The van der Waals surface area contributed by atoms with Gasteiger partial charge in [-0.25, -0.2) is 0 Å². The van der Waals surface area contributed by atoms with Crippen molar-refractivity contribution in [2.24, 2.45) is 0 Å². The first-order valence-electron chi connectivity index (χ1n) is 9.49. The van der Waals surface area contributed by atoms with Gasteiger partial charge in [-0.15, -0.1) is 0 Å². The summed E-state index contributed by atoms with van der Waals surface area (Å²) in [5, 5.41) is 0. The van der Waals surface area contributed by atoms with Crippen LogP contribution in [0.25, 0.3) is 5.57 Å². The monoisotopic (exact) mass is 397 g/mol. The van der Waals surface area contributed by atoms with E-state index in [1.54, 1.807) is 28.4 Å². The predicted molar refractivity (Wildman–Crippen MR) is 112 cm³/mol. The molecule has 0 saturated heterocycles. The van der Waals surface area contributed by atoms with E-state index in [0.29, 0.717) is 30.3 Å². The maximum Gasteiger partial charge on any atom is 0.227 e. The molecule has 0 aliphatic carbocycles. The molecule has 29 heavy (non-hydrogen) atoms. The summed E-state index contributed by atoms with van der Waals surface area (Å²) in [6, 6.07) is 11.7. The van der Waals surface area contributed by atoms with E-state index in [4.69, 9.17) is 18.9 Å². The molecule has 0 N–H and O–H groups in total. The lowest BCUT2D eigenvalue weighted by atomic mass is 9.99. The van der Waals surface area contributed by atoms with Crippen LogP contribution >= 0.6 is 0 Å². The van der Waals surface area contributed by atoms with Gasteiger partial charge in [-0.1, -0.05) is 18.2 Å². The van der Waals surface area contributed by atoms with Gasteiger partial charge in [0.2, 0.25) is 11.7 Å². The molecule has 6 heteroatoms. The molecule has 2 aromatic rings. The Balaban J connectivity index is 1.68. The molecule has 0 aromatic heterocycles. The molecule has 154 valence electrons. The topological polar surface area (TPSA) is 57.2 Å². The lowest BCUT2D eigenvalue weighted by molar-refractivity contribution is -0.130. The minimum atomic E-state index is 0.0734. The minimum absolute atomic E-state index is 0.0734. The molecule has 0 fully saturated rings. The van der Waals surface area contributed by atoms with E-state index in [-0.39, 0.29) is 12.3 Å². The standard InChI is InChI=1S/C23H27NO5/c1-26-19-7-5-17(6-8-19)18-9-11-24(12-10-18)22(25)15-16-13-20(27-2)23(29-4)21(14-16)28-3/h5-9,13-14H,10-12,15H2,1-4H3. The number of carbonyl (C=O) groups is 1. The number of hydrogen-bond acceptors (Lipinski definition) is 5. The smallest absolute Gasteiger partial charge is 0.227 e. The van der Waals surface area contributed by atoms with Crippen molar-refractivity contribution in [3.8, 4) is 23.0 Å². The third-order valence-corrected chi connectivity index (χ3v) is 5.10. The van der Waals surface area contributed by atoms with Gasteiger partial charge in [-0.2, -0.15) is 0 Å². The fourth-order valence-electron chi connectivity index (χ4n) is 3.49. The van der Waals surface area contributed by atoms with Gasteiger partial charge in [-0.3, -0.25) is 4.79 Å².